The minimum atomic E-state index is -0.220. The monoisotopic (exact) mass is 301 g/mol. The summed E-state index contributed by atoms with van der Waals surface area (Å²) in [6, 6.07) is 10.7. The molecule has 0 saturated heterocycles. The van der Waals surface area contributed by atoms with Crippen molar-refractivity contribution < 1.29 is 9.59 Å². The molecule has 0 fully saturated rings. The average Bonchev–Trinajstić information content (AvgIpc) is 2.46. The number of carbonyl (C=O) groups is 2. The van der Waals surface area contributed by atoms with Gasteiger partial charge in [-0.15, -0.1) is 0 Å². The van der Waals surface area contributed by atoms with Gasteiger partial charge in [-0.25, -0.2) is 0 Å². The molecule has 2 aromatic rings. The molecule has 1 heterocycles. The maximum atomic E-state index is 12.0. The first-order valence-corrected chi connectivity index (χ1v) is 6.79. The van der Waals surface area contributed by atoms with E-state index in [1.54, 1.807) is 30.5 Å². The third kappa shape index (κ3) is 4.25. The molecule has 108 valence electrons. The Balaban J connectivity index is 1.97. The van der Waals surface area contributed by atoms with Gasteiger partial charge in [-0.1, -0.05) is 24.4 Å². The molecule has 0 radical (unpaired) electrons. The molecule has 2 rings (SSSR count). The van der Waals surface area contributed by atoms with E-state index in [2.05, 4.69) is 15.6 Å². The van der Waals surface area contributed by atoms with Crippen LogP contribution in [0.25, 0.3) is 0 Å². The SMILES string of the molecule is CC(=O)Nc1ccc(CNC(=O)c2ccc[nH]c2=S)cc1. The van der Waals surface area contributed by atoms with Crippen LogP contribution < -0.4 is 10.6 Å². The Morgan fingerprint density at radius 2 is 1.90 bits per heavy atom. The summed E-state index contributed by atoms with van der Waals surface area (Å²) in [6.07, 6.45) is 1.68. The molecule has 0 spiro atoms. The molecule has 21 heavy (non-hydrogen) atoms. The van der Waals surface area contributed by atoms with Crippen LogP contribution in [0.2, 0.25) is 0 Å². The zero-order valence-corrected chi connectivity index (χ0v) is 12.3. The largest absolute Gasteiger partial charge is 0.352 e. The molecule has 0 saturated carbocycles. The van der Waals surface area contributed by atoms with E-state index >= 15 is 0 Å². The standard InChI is InChI=1S/C15H15N3O2S/c1-10(19)18-12-6-4-11(5-7-12)9-17-14(20)13-3-2-8-16-15(13)21/h2-8H,9H2,1H3,(H,16,21)(H,17,20)(H,18,19). The number of H-pyrrole nitrogens is 1. The van der Waals surface area contributed by atoms with Gasteiger partial charge in [-0.05, 0) is 29.8 Å². The van der Waals surface area contributed by atoms with E-state index in [1.807, 2.05) is 12.1 Å². The molecule has 2 amide bonds. The number of benzene rings is 1. The topological polar surface area (TPSA) is 74.0 Å². The number of aromatic amines is 1. The molecule has 5 nitrogen and oxygen atoms in total. The number of aromatic nitrogens is 1. The molecule has 0 aliphatic heterocycles. The van der Waals surface area contributed by atoms with Gasteiger partial charge in [0.1, 0.15) is 4.64 Å². The Morgan fingerprint density at radius 1 is 1.19 bits per heavy atom. The highest BCUT2D eigenvalue weighted by Crippen LogP contribution is 2.09. The molecular weight excluding hydrogens is 286 g/mol. The fraction of sp³-hybridized carbons (Fsp3) is 0.133. The van der Waals surface area contributed by atoms with Gasteiger partial charge in [0, 0.05) is 25.4 Å². The summed E-state index contributed by atoms with van der Waals surface area (Å²) in [7, 11) is 0. The highest BCUT2D eigenvalue weighted by Gasteiger charge is 2.06. The van der Waals surface area contributed by atoms with Gasteiger partial charge >= 0.3 is 0 Å². The van der Waals surface area contributed by atoms with Crippen molar-refractivity contribution >= 4 is 29.7 Å². The number of rotatable bonds is 4. The maximum absolute atomic E-state index is 12.0. The van der Waals surface area contributed by atoms with Crippen molar-refractivity contribution in [1.82, 2.24) is 10.3 Å². The molecule has 0 bridgehead atoms. The second kappa shape index (κ2) is 6.81. The van der Waals surface area contributed by atoms with Crippen molar-refractivity contribution in [3.63, 3.8) is 0 Å². The average molecular weight is 301 g/mol. The summed E-state index contributed by atoms with van der Waals surface area (Å²) in [5, 5.41) is 5.49. The first kappa shape index (κ1) is 14.9. The van der Waals surface area contributed by atoms with Crippen LogP contribution in [0.5, 0.6) is 0 Å². The summed E-state index contributed by atoms with van der Waals surface area (Å²) >= 11 is 5.06. The van der Waals surface area contributed by atoms with E-state index in [-0.39, 0.29) is 11.8 Å². The van der Waals surface area contributed by atoms with Crippen LogP contribution in [0.3, 0.4) is 0 Å². The Bertz CT molecular complexity index is 707. The molecule has 0 unspecified atom stereocenters. The predicted octanol–water partition coefficient (Wildman–Crippen LogP) is 2.63. The fourth-order valence-electron chi connectivity index (χ4n) is 1.79. The minimum Gasteiger partial charge on any atom is -0.352 e. The second-order valence-corrected chi connectivity index (χ2v) is 4.88. The van der Waals surface area contributed by atoms with E-state index in [1.165, 1.54) is 6.92 Å². The van der Waals surface area contributed by atoms with Crippen LogP contribution >= 0.6 is 12.2 Å². The maximum Gasteiger partial charge on any atom is 0.254 e. The van der Waals surface area contributed by atoms with Crippen LogP contribution in [0, 0.1) is 4.64 Å². The second-order valence-electron chi connectivity index (χ2n) is 4.47. The van der Waals surface area contributed by atoms with Crippen molar-refractivity contribution in [3.05, 3.63) is 58.4 Å². The number of nitrogens with one attached hydrogen (secondary N) is 3. The molecular formula is C15H15N3O2S. The number of carbonyl (C=O) groups excluding carboxylic acids is 2. The van der Waals surface area contributed by atoms with E-state index in [9.17, 15) is 9.59 Å². The number of anilines is 1. The minimum absolute atomic E-state index is 0.116. The number of pyridine rings is 1. The van der Waals surface area contributed by atoms with Crippen molar-refractivity contribution in [2.75, 3.05) is 5.32 Å². The predicted molar refractivity (Wildman–Crippen MR) is 83.5 cm³/mol. The molecule has 1 aromatic carbocycles. The number of hydrogen-bond donors (Lipinski definition) is 3. The Hall–Kier alpha value is -2.47. The van der Waals surface area contributed by atoms with E-state index in [4.69, 9.17) is 12.2 Å². The highest BCUT2D eigenvalue weighted by atomic mass is 32.1. The van der Waals surface area contributed by atoms with Crippen LogP contribution in [0.4, 0.5) is 5.69 Å². The zero-order chi connectivity index (χ0) is 15.2. The molecule has 6 heteroatoms. The summed E-state index contributed by atoms with van der Waals surface area (Å²) in [5.74, 6) is -0.336. The van der Waals surface area contributed by atoms with Crippen LogP contribution in [0.15, 0.2) is 42.6 Å². The van der Waals surface area contributed by atoms with E-state index in [0.717, 1.165) is 11.3 Å². The van der Waals surface area contributed by atoms with Gasteiger partial charge in [0.15, 0.2) is 0 Å². The lowest BCUT2D eigenvalue weighted by Gasteiger charge is -2.07. The van der Waals surface area contributed by atoms with Gasteiger partial charge in [0.05, 0.1) is 5.56 Å². The Kier molecular flexibility index (Phi) is 4.84. The normalized spacial score (nSPS) is 9.95. The summed E-state index contributed by atoms with van der Waals surface area (Å²) in [6.45, 7) is 1.85. The Morgan fingerprint density at radius 3 is 2.52 bits per heavy atom. The van der Waals surface area contributed by atoms with Crippen molar-refractivity contribution in [1.29, 1.82) is 0 Å². The number of hydrogen-bond acceptors (Lipinski definition) is 3. The molecule has 3 N–H and O–H groups in total. The molecule has 0 aliphatic carbocycles. The fourth-order valence-corrected chi connectivity index (χ4v) is 2.02. The lowest BCUT2D eigenvalue weighted by Crippen LogP contribution is -2.23. The molecule has 1 aromatic heterocycles. The third-order valence-corrected chi connectivity index (χ3v) is 3.13. The Labute approximate surface area is 127 Å². The van der Waals surface area contributed by atoms with Gasteiger partial charge in [-0.2, -0.15) is 0 Å². The third-order valence-electron chi connectivity index (χ3n) is 2.79. The van der Waals surface area contributed by atoms with Crippen molar-refractivity contribution in [2.24, 2.45) is 0 Å². The quantitative estimate of drug-likeness (QED) is 0.760. The van der Waals surface area contributed by atoms with Crippen LogP contribution in [0.1, 0.15) is 22.8 Å². The summed E-state index contributed by atoms with van der Waals surface area (Å²) in [4.78, 5) is 25.7. The van der Waals surface area contributed by atoms with Crippen LogP contribution in [-0.2, 0) is 11.3 Å². The lowest BCUT2D eigenvalue weighted by molar-refractivity contribution is -0.114. The zero-order valence-electron chi connectivity index (χ0n) is 11.5. The molecule has 0 aliphatic rings. The van der Waals surface area contributed by atoms with E-state index < -0.39 is 0 Å². The first-order chi connectivity index (χ1) is 10.1. The van der Waals surface area contributed by atoms with Crippen LogP contribution in [-0.4, -0.2) is 16.8 Å². The number of amides is 2. The van der Waals surface area contributed by atoms with Gasteiger partial charge in [0.25, 0.3) is 5.91 Å². The molecule has 0 atom stereocenters. The lowest BCUT2D eigenvalue weighted by atomic mass is 10.2. The van der Waals surface area contributed by atoms with Gasteiger partial charge in [-0.3, -0.25) is 9.59 Å². The van der Waals surface area contributed by atoms with Gasteiger partial charge < -0.3 is 15.6 Å². The van der Waals surface area contributed by atoms with Gasteiger partial charge in [0.2, 0.25) is 5.91 Å². The highest BCUT2D eigenvalue weighted by molar-refractivity contribution is 7.71. The van der Waals surface area contributed by atoms with E-state index in [0.29, 0.717) is 16.7 Å². The van der Waals surface area contributed by atoms with Crippen molar-refractivity contribution in [3.8, 4) is 0 Å². The first-order valence-electron chi connectivity index (χ1n) is 6.38. The summed E-state index contributed by atoms with van der Waals surface area (Å²) < 4.78 is 0.413. The van der Waals surface area contributed by atoms with Crippen molar-refractivity contribution in [2.45, 2.75) is 13.5 Å². The smallest absolute Gasteiger partial charge is 0.254 e. The summed E-state index contributed by atoms with van der Waals surface area (Å²) in [5.41, 5.74) is 2.11.